The van der Waals surface area contributed by atoms with Crippen LogP contribution in [0.5, 0.6) is 0 Å². The van der Waals surface area contributed by atoms with Crippen molar-refractivity contribution < 1.29 is 9.18 Å². The molecule has 0 aliphatic carbocycles. The van der Waals surface area contributed by atoms with E-state index < -0.39 is 6.04 Å². The molecule has 1 unspecified atom stereocenters. The van der Waals surface area contributed by atoms with Crippen molar-refractivity contribution in [2.24, 2.45) is 12.0 Å². The van der Waals surface area contributed by atoms with Crippen molar-refractivity contribution in [1.82, 2.24) is 9.55 Å². The molecule has 172 valence electrons. The predicted molar refractivity (Wildman–Crippen MR) is 133 cm³/mol. The van der Waals surface area contributed by atoms with Gasteiger partial charge in [-0.25, -0.2) is 9.18 Å². The van der Waals surface area contributed by atoms with Crippen molar-refractivity contribution >= 4 is 39.9 Å². The summed E-state index contributed by atoms with van der Waals surface area (Å²) in [5.74, 6) is -0.604. The summed E-state index contributed by atoms with van der Waals surface area (Å²) < 4.78 is 16.2. The second-order valence-electron chi connectivity index (χ2n) is 8.57. The third-order valence-corrected chi connectivity index (χ3v) is 6.51. The number of nitrogens with one attached hydrogen (secondary N) is 1. The van der Waals surface area contributed by atoms with Gasteiger partial charge in [-0.15, -0.1) is 0 Å². The van der Waals surface area contributed by atoms with E-state index in [1.807, 2.05) is 31.2 Å². The average Bonchev–Trinajstić information content (AvgIpc) is 3.04. The third-order valence-electron chi connectivity index (χ3n) is 6.28. The van der Waals surface area contributed by atoms with E-state index in [4.69, 9.17) is 16.6 Å². The zero-order chi connectivity index (χ0) is 24.1. The number of halogens is 2. The number of amides is 1. The number of nitrogens with zero attached hydrogens (tertiary/aromatic N) is 3. The van der Waals surface area contributed by atoms with Crippen LogP contribution in [0.15, 0.2) is 64.4 Å². The summed E-state index contributed by atoms with van der Waals surface area (Å²) in [6, 6.07) is 14.9. The number of carbonyl (C=O) groups is 1. The lowest BCUT2D eigenvalue weighted by molar-refractivity contribution is -0.119. The lowest BCUT2D eigenvalue weighted by atomic mass is 9.99. The fourth-order valence-corrected chi connectivity index (χ4v) is 4.56. The molecular formula is C26H22ClFN4O2. The smallest absolute Gasteiger partial charge is 0.313 e. The molecule has 0 bridgehead atoms. The van der Waals surface area contributed by atoms with Crippen LogP contribution >= 0.6 is 11.6 Å². The summed E-state index contributed by atoms with van der Waals surface area (Å²) in [5, 5.41) is 0.504. The SMILES string of the molecule is Cc1ccc(CC2N=C(c3ccc4c(c3)[nH]c(=O)n4C)c3cc(Cl)ccc3N(C)C2=O)c(F)c1. The van der Waals surface area contributed by atoms with Crippen LogP contribution in [0.25, 0.3) is 11.0 Å². The number of likely N-dealkylation sites (N-methyl/N-ethyl adjacent to an activating group) is 1. The standard InChI is InChI=1S/C26H22ClFN4O2/c1-14-4-5-15(19(28)10-14)11-21-25(33)31(2)22-9-7-17(27)13-18(22)24(29-21)16-6-8-23-20(12-16)30-26(34)32(23)3/h4-10,12-13,21H,11H2,1-3H3,(H,30,34). The van der Waals surface area contributed by atoms with Crippen molar-refractivity contribution in [2.75, 3.05) is 11.9 Å². The van der Waals surface area contributed by atoms with Crippen LogP contribution in [0.4, 0.5) is 10.1 Å². The summed E-state index contributed by atoms with van der Waals surface area (Å²) in [6.07, 6.45) is 0.116. The minimum atomic E-state index is -0.839. The Balaban J connectivity index is 1.70. The molecular weight excluding hydrogens is 455 g/mol. The number of anilines is 1. The summed E-state index contributed by atoms with van der Waals surface area (Å²) >= 11 is 6.33. The minimum absolute atomic E-state index is 0.116. The van der Waals surface area contributed by atoms with Gasteiger partial charge in [0.1, 0.15) is 11.9 Å². The molecule has 6 nitrogen and oxygen atoms in total. The second kappa shape index (κ2) is 8.25. The fourth-order valence-electron chi connectivity index (χ4n) is 4.39. The highest BCUT2D eigenvalue weighted by molar-refractivity contribution is 6.32. The normalized spacial score (nSPS) is 15.9. The highest BCUT2D eigenvalue weighted by Gasteiger charge is 2.31. The van der Waals surface area contributed by atoms with Gasteiger partial charge in [-0.2, -0.15) is 0 Å². The maximum Gasteiger partial charge on any atom is 0.326 e. The number of hydrogen-bond acceptors (Lipinski definition) is 3. The molecule has 2 heterocycles. The molecule has 3 aromatic carbocycles. The molecule has 1 atom stereocenters. The van der Waals surface area contributed by atoms with Crippen LogP contribution in [-0.2, 0) is 18.3 Å². The Morgan fingerprint density at radius 3 is 2.62 bits per heavy atom. The second-order valence-corrected chi connectivity index (χ2v) is 9.01. The summed E-state index contributed by atoms with van der Waals surface area (Å²) in [7, 11) is 3.38. The lowest BCUT2D eigenvalue weighted by Gasteiger charge is -2.20. The number of imidazole rings is 1. The van der Waals surface area contributed by atoms with Gasteiger partial charge in [0.2, 0.25) is 0 Å². The number of aromatic amines is 1. The number of carbonyl (C=O) groups excluding carboxylic acids is 1. The average molecular weight is 477 g/mol. The summed E-state index contributed by atoms with van der Waals surface area (Å²) in [5.41, 5.74) is 5.03. The number of aromatic nitrogens is 2. The van der Waals surface area contributed by atoms with Gasteiger partial charge in [0.15, 0.2) is 0 Å². The van der Waals surface area contributed by atoms with Gasteiger partial charge < -0.3 is 9.88 Å². The van der Waals surface area contributed by atoms with Gasteiger partial charge in [0.05, 0.1) is 22.4 Å². The largest absolute Gasteiger partial charge is 0.326 e. The maximum absolute atomic E-state index is 14.7. The van der Waals surface area contributed by atoms with E-state index in [-0.39, 0.29) is 23.8 Å². The molecule has 0 radical (unpaired) electrons. The van der Waals surface area contributed by atoms with Gasteiger partial charge in [0, 0.05) is 36.7 Å². The van der Waals surface area contributed by atoms with Crippen LogP contribution in [0.2, 0.25) is 5.02 Å². The molecule has 4 aromatic rings. The zero-order valence-corrected chi connectivity index (χ0v) is 19.7. The summed E-state index contributed by atoms with van der Waals surface area (Å²) in [4.78, 5) is 34.8. The van der Waals surface area contributed by atoms with E-state index in [0.717, 1.165) is 16.6 Å². The summed E-state index contributed by atoms with van der Waals surface area (Å²) in [6.45, 7) is 1.82. The van der Waals surface area contributed by atoms with Crippen LogP contribution < -0.4 is 10.6 Å². The van der Waals surface area contributed by atoms with Crippen LogP contribution in [0.1, 0.15) is 22.3 Å². The van der Waals surface area contributed by atoms with E-state index in [2.05, 4.69) is 4.98 Å². The Labute approximate surface area is 200 Å². The number of aryl methyl sites for hydroxylation is 2. The molecule has 0 saturated heterocycles. The van der Waals surface area contributed by atoms with E-state index in [0.29, 0.717) is 33.1 Å². The third kappa shape index (κ3) is 3.72. The number of aliphatic imine (C=N–C) groups is 1. The highest BCUT2D eigenvalue weighted by Crippen LogP contribution is 2.31. The van der Waals surface area contributed by atoms with Gasteiger partial charge in [0.25, 0.3) is 5.91 Å². The molecule has 1 amide bonds. The van der Waals surface area contributed by atoms with Crippen molar-refractivity contribution in [3.8, 4) is 0 Å². The molecule has 8 heteroatoms. The first-order chi connectivity index (χ1) is 16.2. The number of benzene rings is 3. The Hall–Kier alpha value is -3.71. The number of benzodiazepines with no additional fused rings is 1. The number of rotatable bonds is 3. The van der Waals surface area contributed by atoms with E-state index in [1.165, 1.54) is 10.6 Å². The molecule has 1 aliphatic heterocycles. The Morgan fingerprint density at radius 1 is 1.06 bits per heavy atom. The first-order valence-electron chi connectivity index (χ1n) is 10.8. The molecule has 0 fully saturated rings. The van der Waals surface area contributed by atoms with Crippen LogP contribution in [0.3, 0.4) is 0 Å². The molecule has 1 aromatic heterocycles. The molecule has 1 aliphatic rings. The van der Waals surface area contributed by atoms with Gasteiger partial charge in [-0.1, -0.05) is 29.8 Å². The quantitative estimate of drug-likeness (QED) is 0.476. The van der Waals surface area contributed by atoms with Crippen molar-refractivity contribution in [3.63, 3.8) is 0 Å². The minimum Gasteiger partial charge on any atom is -0.313 e. The molecule has 34 heavy (non-hydrogen) atoms. The highest BCUT2D eigenvalue weighted by atomic mass is 35.5. The maximum atomic E-state index is 14.7. The molecule has 1 N–H and O–H groups in total. The van der Waals surface area contributed by atoms with Crippen molar-refractivity contribution in [2.45, 2.75) is 19.4 Å². The molecule has 5 rings (SSSR count). The van der Waals surface area contributed by atoms with Gasteiger partial charge in [-0.05, 0) is 54.4 Å². The van der Waals surface area contributed by atoms with Gasteiger partial charge in [-0.3, -0.25) is 14.4 Å². The van der Waals surface area contributed by atoms with E-state index in [1.54, 1.807) is 43.3 Å². The van der Waals surface area contributed by atoms with E-state index in [9.17, 15) is 14.0 Å². The first kappa shape index (κ1) is 22.1. The number of hydrogen-bond donors (Lipinski definition) is 1. The van der Waals surface area contributed by atoms with Crippen LogP contribution in [-0.4, -0.2) is 34.3 Å². The lowest BCUT2D eigenvalue weighted by Crippen LogP contribution is -2.36. The molecule has 0 spiro atoms. The fraction of sp³-hybridized carbons (Fsp3) is 0.192. The monoisotopic (exact) mass is 476 g/mol. The van der Waals surface area contributed by atoms with Crippen molar-refractivity contribution in [1.29, 1.82) is 0 Å². The Kier molecular flexibility index (Phi) is 5.37. The van der Waals surface area contributed by atoms with Crippen molar-refractivity contribution in [3.05, 3.63) is 98.2 Å². The zero-order valence-electron chi connectivity index (χ0n) is 18.9. The first-order valence-corrected chi connectivity index (χ1v) is 11.2. The predicted octanol–water partition coefficient (Wildman–Crippen LogP) is 4.39. The van der Waals surface area contributed by atoms with Gasteiger partial charge >= 0.3 is 5.69 Å². The topological polar surface area (TPSA) is 70.5 Å². The number of H-pyrrole nitrogens is 1. The number of fused-ring (bicyclic) bond motifs is 2. The Morgan fingerprint density at radius 2 is 1.85 bits per heavy atom. The van der Waals surface area contributed by atoms with Crippen LogP contribution in [0, 0.1) is 12.7 Å². The Bertz CT molecular complexity index is 1550. The van der Waals surface area contributed by atoms with E-state index >= 15 is 0 Å². The molecule has 0 saturated carbocycles.